The second kappa shape index (κ2) is 5.64. The van der Waals surface area contributed by atoms with Gasteiger partial charge in [-0.15, -0.1) is 0 Å². The smallest absolute Gasteiger partial charge is 0.550 e. The predicted molar refractivity (Wildman–Crippen MR) is 20.4 cm³/mol. The number of rotatable bonds is 2. The van der Waals surface area contributed by atoms with Crippen molar-refractivity contribution in [3.8, 4) is 0 Å². The van der Waals surface area contributed by atoms with Gasteiger partial charge in [-0.1, -0.05) is 0 Å². The Balaban J connectivity index is 0. The Bertz CT molecular complexity index is 87.5. The third-order valence-corrected chi connectivity index (χ3v) is 0.289. The van der Waals surface area contributed by atoms with Gasteiger partial charge in [-0.05, 0) is 0 Å². The average Bonchev–Trinajstić information content (AvgIpc) is 1.27. The van der Waals surface area contributed by atoms with Crippen LogP contribution in [0, 0.1) is 0 Å². The molecule has 0 unspecified atom stereocenters. The monoisotopic (exact) mass is 240 g/mol. The van der Waals surface area contributed by atoms with E-state index in [0.717, 1.165) is 0 Å². The second-order valence-electron chi connectivity index (χ2n) is 0.921. The Morgan fingerprint density at radius 1 is 1.12 bits per heavy atom. The van der Waals surface area contributed by atoms with Gasteiger partial charge in [-0.2, -0.15) is 0 Å². The first-order valence-electron chi connectivity index (χ1n) is 1.52. The van der Waals surface area contributed by atoms with Gasteiger partial charge in [0, 0.05) is 18.4 Å². The average molecular weight is 239 g/mol. The molecule has 0 saturated carbocycles. The van der Waals surface area contributed by atoms with E-state index in [-0.39, 0.29) is 48.9 Å². The van der Waals surface area contributed by atoms with Crippen molar-refractivity contribution in [1.82, 2.24) is 0 Å². The molecule has 0 saturated heterocycles. The molecular formula is C3H2BaO4. The predicted octanol–water partition coefficient (Wildman–Crippen LogP) is -3.50. The molecule has 0 bridgehead atoms. The molecule has 0 N–H and O–H groups in total. The zero-order chi connectivity index (χ0) is 5.86. The van der Waals surface area contributed by atoms with Gasteiger partial charge in [0.1, 0.15) is 0 Å². The molecule has 5 heteroatoms. The summed E-state index contributed by atoms with van der Waals surface area (Å²) in [7, 11) is 0. The maximum atomic E-state index is 9.28. The van der Waals surface area contributed by atoms with Gasteiger partial charge in [0.05, 0.1) is 0 Å². The van der Waals surface area contributed by atoms with Gasteiger partial charge in [-0.3, -0.25) is 0 Å². The summed E-state index contributed by atoms with van der Waals surface area (Å²) in [5.41, 5.74) is 0. The fourth-order valence-corrected chi connectivity index (χ4v) is 0.118. The van der Waals surface area contributed by atoms with E-state index in [9.17, 15) is 19.8 Å². The van der Waals surface area contributed by atoms with Crippen LogP contribution in [0.4, 0.5) is 0 Å². The van der Waals surface area contributed by atoms with Crippen molar-refractivity contribution in [3.63, 3.8) is 0 Å². The number of aliphatic carboxylic acids is 2. The van der Waals surface area contributed by atoms with Gasteiger partial charge >= 0.3 is 48.9 Å². The van der Waals surface area contributed by atoms with Gasteiger partial charge < -0.3 is 19.8 Å². The van der Waals surface area contributed by atoms with Gasteiger partial charge in [-0.25, -0.2) is 0 Å². The SMILES string of the molecule is O=C([O-])CC(=O)[O-].[Ba+2]. The van der Waals surface area contributed by atoms with Crippen LogP contribution < -0.4 is 10.2 Å². The van der Waals surface area contributed by atoms with Crippen LogP contribution in [0.3, 0.4) is 0 Å². The Kier molecular flexibility index (Phi) is 7.99. The molecule has 0 aromatic carbocycles. The number of hydrogen-bond donors (Lipinski definition) is 0. The Hall–Kier alpha value is 0.511. The molecule has 0 amide bonds. The van der Waals surface area contributed by atoms with E-state index in [1.165, 1.54) is 0 Å². The molecule has 0 rings (SSSR count). The van der Waals surface area contributed by atoms with E-state index in [4.69, 9.17) is 0 Å². The minimum atomic E-state index is -1.63. The molecule has 0 atom stereocenters. The molecule has 0 heterocycles. The Labute approximate surface area is 86.0 Å². The minimum absolute atomic E-state index is 0. The van der Waals surface area contributed by atoms with E-state index in [1.54, 1.807) is 0 Å². The van der Waals surface area contributed by atoms with Crippen molar-refractivity contribution in [2.24, 2.45) is 0 Å². The summed E-state index contributed by atoms with van der Waals surface area (Å²) >= 11 is 0. The molecule has 4 nitrogen and oxygen atoms in total. The van der Waals surface area contributed by atoms with Crippen LogP contribution >= 0.6 is 0 Å². The minimum Gasteiger partial charge on any atom is -0.550 e. The molecule has 0 aliphatic carbocycles. The van der Waals surface area contributed by atoms with Crippen molar-refractivity contribution >= 4 is 60.8 Å². The Morgan fingerprint density at radius 3 is 1.38 bits per heavy atom. The summed E-state index contributed by atoms with van der Waals surface area (Å²) in [6, 6.07) is 0. The van der Waals surface area contributed by atoms with Crippen molar-refractivity contribution in [3.05, 3.63) is 0 Å². The summed E-state index contributed by atoms with van der Waals surface area (Å²) in [5.74, 6) is -3.25. The summed E-state index contributed by atoms with van der Waals surface area (Å²) in [4.78, 5) is 18.6. The molecule has 0 aliphatic rings. The zero-order valence-corrected chi connectivity index (χ0v) is 8.49. The number of carbonyl (C=O) groups is 2. The zero-order valence-electron chi connectivity index (χ0n) is 4.05. The first-order valence-corrected chi connectivity index (χ1v) is 1.52. The number of hydrogen-bond acceptors (Lipinski definition) is 4. The van der Waals surface area contributed by atoms with Crippen LogP contribution in [0.1, 0.15) is 6.42 Å². The van der Waals surface area contributed by atoms with Crippen LogP contribution in [0.2, 0.25) is 0 Å². The van der Waals surface area contributed by atoms with Crippen LogP contribution in [0.5, 0.6) is 0 Å². The molecule has 0 aliphatic heterocycles. The van der Waals surface area contributed by atoms with Crippen molar-refractivity contribution in [1.29, 1.82) is 0 Å². The maximum Gasteiger partial charge on any atom is 2.00 e. The van der Waals surface area contributed by atoms with Crippen LogP contribution in [-0.2, 0) is 9.59 Å². The standard InChI is InChI=1S/C3H4O4.Ba/c4-2(5)1-3(6)7;/h1H2,(H,4,5)(H,6,7);/q;+2/p-2. The van der Waals surface area contributed by atoms with Crippen molar-refractivity contribution in [2.45, 2.75) is 6.42 Å². The van der Waals surface area contributed by atoms with Crippen molar-refractivity contribution in [2.75, 3.05) is 0 Å². The van der Waals surface area contributed by atoms with Crippen LogP contribution in [0.25, 0.3) is 0 Å². The van der Waals surface area contributed by atoms with Gasteiger partial charge in [0.25, 0.3) is 0 Å². The topological polar surface area (TPSA) is 80.3 Å². The van der Waals surface area contributed by atoms with E-state index < -0.39 is 18.4 Å². The van der Waals surface area contributed by atoms with E-state index >= 15 is 0 Å². The first kappa shape index (κ1) is 11.3. The normalized spacial score (nSPS) is 7.00. The van der Waals surface area contributed by atoms with Crippen LogP contribution in [0.15, 0.2) is 0 Å². The maximum absolute atomic E-state index is 9.28. The fraction of sp³-hybridized carbons (Fsp3) is 0.333. The van der Waals surface area contributed by atoms with Gasteiger partial charge in [0.15, 0.2) is 0 Å². The summed E-state index contributed by atoms with van der Waals surface area (Å²) < 4.78 is 0. The number of carboxylic acid groups (broad SMARTS) is 2. The Morgan fingerprint density at radius 2 is 1.38 bits per heavy atom. The third kappa shape index (κ3) is 9.72. The fourth-order valence-electron chi connectivity index (χ4n) is 0.118. The number of carbonyl (C=O) groups excluding carboxylic acids is 2. The van der Waals surface area contributed by atoms with E-state index in [2.05, 4.69) is 0 Å². The molecule has 0 aromatic heterocycles. The summed E-state index contributed by atoms with van der Waals surface area (Å²) in [6.45, 7) is 0. The first-order chi connectivity index (χ1) is 3.13. The van der Waals surface area contributed by atoms with Crippen molar-refractivity contribution < 1.29 is 19.8 Å². The molecule has 40 valence electrons. The summed E-state index contributed by atoms with van der Waals surface area (Å²) in [5, 5.41) is 18.6. The van der Waals surface area contributed by atoms with E-state index in [0.29, 0.717) is 0 Å². The molecular weight excluding hydrogens is 237 g/mol. The summed E-state index contributed by atoms with van der Waals surface area (Å²) in [6.07, 6.45) is -1.03. The third-order valence-electron chi connectivity index (χ3n) is 0.289. The second-order valence-corrected chi connectivity index (χ2v) is 0.921. The molecule has 0 fully saturated rings. The molecule has 0 radical (unpaired) electrons. The largest absolute Gasteiger partial charge is 2.00 e. The molecule has 8 heavy (non-hydrogen) atoms. The van der Waals surface area contributed by atoms with E-state index in [1.807, 2.05) is 0 Å². The van der Waals surface area contributed by atoms with Crippen LogP contribution in [-0.4, -0.2) is 60.8 Å². The van der Waals surface area contributed by atoms with Gasteiger partial charge in [0.2, 0.25) is 0 Å². The molecule has 0 spiro atoms. The molecule has 0 aromatic rings. The number of carboxylic acids is 2. The quantitative estimate of drug-likeness (QED) is 0.370.